The number of Topliss-reactive ketones (excluding diaryl/α,β-unsaturated/α-hetero) is 1. The summed E-state index contributed by atoms with van der Waals surface area (Å²) in [7, 11) is 0. The van der Waals surface area contributed by atoms with Crippen LogP contribution < -0.4 is 0 Å². The van der Waals surface area contributed by atoms with Gasteiger partial charge in [0.25, 0.3) is 0 Å². The first kappa shape index (κ1) is 15.0. The van der Waals surface area contributed by atoms with Gasteiger partial charge in [0.05, 0.1) is 5.56 Å². The normalized spacial score (nSPS) is 12.3. The van der Waals surface area contributed by atoms with E-state index in [9.17, 15) is 22.4 Å². The number of allylic oxidation sites excluding steroid dienone is 1. The third-order valence-corrected chi connectivity index (χ3v) is 2.80. The van der Waals surface area contributed by atoms with Crippen LogP contribution in [0.5, 0.6) is 0 Å². The zero-order valence-electron chi connectivity index (χ0n) is 10.7. The van der Waals surface area contributed by atoms with Crippen molar-refractivity contribution in [3.63, 3.8) is 0 Å². The molecule has 0 heterocycles. The van der Waals surface area contributed by atoms with E-state index in [4.69, 9.17) is 0 Å². The molecular weight excluding hydrogens is 284 g/mol. The summed E-state index contributed by atoms with van der Waals surface area (Å²) < 4.78 is 52.2. The Bertz CT molecular complexity index is 672. The minimum atomic E-state index is -4.61. The molecule has 0 spiro atoms. The van der Waals surface area contributed by atoms with Crippen molar-refractivity contribution in [2.24, 2.45) is 0 Å². The average Bonchev–Trinajstić information content (AvgIpc) is 2.47. The fourth-order valence-corrected chi connectivity index (χ4v) is 1.81. The number of carbonyl (C=O) groups excluding carboxylic acids is 1. The molecule has 0 bridgehead atoms. The van der Waals surface area contributed by atoms with Crippen molar-refractivity contribution >= 4 is 11.9 Å². The molecule has 5 heteroatoms. The van der Waals surface area contributed by atoms with Crippen LogP contribution in [0.3, 0.4) is 0 Å². The fraction of sp³-hybridized carbons (Fsp3) is 0.0625. The number of hydrogen-bond donors (Lipinski definition) is 0. The highest BCUT2D eigenvalue weighted by atomic mass is 19.4. The van der Waals surface area contributed by atoms with Crippen molar-refractivity contribution in [2.75, 3.05) is 0 Å². The quantitative estimate of drug-likeness (QED) is 0.447. The van der Waals surface area contributed by atoms with E-state index in [0.29, 0.717) is 6.08 Å². The molecule has 0 saturated carbocycles. The summed E-state index contributed by atoms with van der Waals surface area (Å²) in [6.07, 6.45) is -4.00. The van der Waals surface area contributed by atoms with Gasteiger partial charge < -0.3 is 0 Å². The maximum absolute atomic E-state index is 13.9. The van der Waals surface area contributed by atoms with Crippen molar-refractivity contribution in [2.45, 2.75) is 6.18 Å². The Morgan fingerprint density at radius 3 is 2.10 bits per heavy atom. The van der Waals surface area contributed by atoms with Gasteiger partial charge in [0.1, 0.15) is 0 Å². The monoisotopic (exact) mass is 294 g/mol. The van der Waals surface area contributed by atoms with Gasteiger partial charge in [-0.15, -0.1) is 0 Å². The summed E-state index contributed by atoms with van der Waals surface area (Å²) in [5, 5.41) is 0. The molecule has 0 aliphatic heterocycles. The van der Waals surface area contributed by atoms with Gasteiger partial charge in [0.2, 0.25) is 5.78 Å². The van der Waals surface area contributed by atoms with Gasteiger partial charge in [-0.25, -0.2) is 4.39 Å². The van der Waals surface area contributed by atoms with Crippen LogP contribution in [0.2, 0.25) is 0 Å². The molecule has 0 fully saturated rings. The number of hydrogen-bond acceptors (Lipinski definition) is 1. The lowest BCUT2D eigenvalue weighted by molar-refractivity contribution is -0.137. The molecule has 0 N–H and O–H groups in total. The largest absolute Gasteiger partial charge is 0.416 e. The lowest BCUT2D eigenvalue weighted by Gasteiger charge is -2.09. The highest BCUT2D eigenvalue weighted by Crippen LogP contribution is 2.33. The van der Waals surface area contributed by atoms with Crippen LogP contribution in [-0.4, -0.2) is 5.78 Å². The maximum Gasteiger partial charge on any atom is 0.416 e. The summed E-state index contributed by atoms with van der Waals surface area (Å²) in [6.45, 7) is 0. The first-order valence-electron chi connectivity index (χ1n) is 6.03. The molecule has 0 aromatic heterocycles. The van der Waals surface area contributed by atoms with Crippen LogP contribution in [0.15, 0.2) is 60.4 Å². The van der Waals surface area contributed by atoms with Crippen molar-refractivity contribution < 1.29 is 22.4 Å². The van der Waals surface area contributed by atoms with E-state index >= 15 is 0 Å². The molecule has 2 aromatic rings. The van der Waals surface area contributed by atoms with Crippen LogP contribution >= 0.6 is 0 Å². The van der Waals surface area contributed by atoms with E-state index < -0.39 is 23.3 Å². The predicted octanol–water partition coefficient (Wildman–Crippen LogP) is 4.90. The van der Waals surface area contributed by atoms with Gasteiger partial charge >= 0.3 is 6.18 Å². The van der Waals surface area contributed by atoms with Gasteiger partial charge in [-0.1, -0.05) is 48.5 Å². The number of alkyl halides is 3. The maximum atomic E-state index is 13.9. The molecule has 0 unspecified atom stereocenters. The van der Waals surface area contributed by atoms with Crippen molar-refractivity contribution in [1.29, 1.82) is 0 Å². The topological polar surface area (TPSA) is 17.1 Å². The number of halogens is 4. The molecule has 0 amide bonds. The van der Waals surface area contributed by atoms with Gasteiger partial charge in [0, 0.05) is 5.56 Å². The van der Waals surface area contributed by atoms with Crippen LogP contribution in [0.1, 0.15) is 21.5 Å². The van der Waals surface area contributed by atoms with Crippen LogP contribution in [0.25, 0.3) is 6.08 Å². The SMILES string of the molecule is O=C(/C(F)=C/c1ccccc1C(F)(F)F)c1ccccc1. The molecule has 1 nitrogen and oxygen atoms in total. The average molecular weight is 294 g/mol. The standard InChI is InChI=1S/C16H10F4O/c17-14(15(21)11-6-2-1-3-7-11)10-12-8-4-5-9-13(12)16(18,19)20/h1-10H/b14-10-. The molecule has 108 valence electrons. The molecule has 0 atom stereocenters. The molecule has 0 aliphatic rings. The van der Waals surface area contributed by atoms with E-state index in [2.05, 4.69) is 0 Å². The van der Waals surface area contributed by atoms with Crippen molar-refractivity contribution in [3.8, 4) is 0 Å². The zero-order valence-corrected chi connectivity index (χ0v) is 10.7. The number of rotatable bonds is 3. The number of ketones is 1. The summed E-state index contributed by atoms with van der Waals surface area (Å²) in [5.41, 5.74) is -1.29. The molecule has 2 aromatic carbocycles. The second-order valence-electron chi connectivity index (χ2n) is 4.27. The highest BCUT2D eigenvalue weighted by Gasteiger charge is 2.32. The molecular formula is C16H10F4O. The van der Waals surface area contributed by atoms with Crippen LogP contribution in [0, 0.1) is 0 Å². The summed E-state index contributed by atoms with van der Waals surface area (Å²) in [5.74, 6) is -2.19. The molecule has 2 rings (SSSR count). The first-order chi connectivity index (χ1) is 9.89. The number of benzene rings is 2. The minimum Gasteiger partial charge on any atom is -0.286 e. The van der Waals surface area contributed by atoms with Crippen LogP contribution in [0.4, 0.5) is 17.6 Å². The Kier molecular flexibility index (Phi) is 4.21. The summed E-state index contributed by atoms with van der Waals surface area (Å²) >= 11 is 0. The van der Waals surface area contributed by atoms with E-state index in [1.807, 2.05) is 0 Å². The van der Waals surface area contributed by atoms with Gasteiger partial charge in [-0.05, 0) is 17.7 Å². The summed E-state index contributed by atoms with van der Waals surface area (Å²) in [6, 6.07) is 12.0. The molecule has 0 aliphatic carbocycles. The second kappa shape index (κ2) is 5.91. The Hall–Kier alpha value is -2.43. The van der Waals surface area contributed by atoms with E-state index in [1.165, 1.54) is 24.3 Å². The van der Waals surface area contributed by atoms with Gasteiger partial charge in [0.15, 0.2) is 5.83 Å². The smallest absolute Gasteiger partial charge is 0.286 e. The Labute approximate surface area is 118 Å². The number of carbonyl (C=O) groups is 1. The Morgan fingerprint density at radius 1 is 0.905 bits per heavy atom. The lowest BCUT2D eigenvalue weighted by Crippen LogP contribution is -2.07. The Balaban J connectivity index is 2.39. The van der Waals surface area contributed by atoms with E-state index in [1.54, 1.807) is 18.2 Å². The fourth-order valence-electron chi connectivity index (χ4n) is 1.81. The van der Waals surface area contributed by atoms with Crippen molar-refractivity contribution in [3.05, 3.63) is 77.1 Å². The van der Waals surface area contributed by atoms with E-state index in [0.717, 1.165) is 12.1 Å². The lowest BCUT2D eigenvalue weighted by atomic mass is 10.0. The zero-order chi connectivity index (χ0) is 15.5. The summed E-state index contributed by atoms with van der Waals surface area (Å²) in [4.78, 5) is 11.8. The van der Waals surface area contributed by atoms with Crippen molar-refractivity contribution in [1.82, 2.24) is 0 Å². The third kappa shape index (κ3) is 3.56. The van der Waals surface area contributed by atoms with E-state index in [-0.39, 0.29) is 11.1 Å². The molecule has 21 heavy (non-hydrogen) atoms. The minimum absolute atomic E-state index is 0.0794. The predicted molar refractivity (Wildman–Crippen MR) is 71.3 cm³/mol. The van der Waals surface area contributed by atoms with Gasteiger partial charge in [-0.3, -0.25) is 4.79 Å². The second-order valence-corrected chi connectivity index (χ2v) is 4.27. The third-order valence-electron chi connectivity index (χ3n) is 2.80. The molecule has 0 radical (unpaired) electrons. The van der Waals surface area contributed by atoms with Gasteiger partial charge in [-0.2, -0.15) is 13.2 Å². The van der Waals surface area contributed by atoms with Crippen LogP contribution in [-0.2, 0) is 6.18 Å². The Morgan fingerprint density at radius 2 is 1.48 bits per heavy atom. The highest BCUT2D eigenvalue weighted by molar-refractivity contribution is 6.09. The molecule has 0 saturated heterocycles. The first-order valence-corrected chi connectivity index (χ1v) is 6.03.